The molecule has 0 aromatic carbocycles. The molecule has 0 saturated carbocycles. The highest BCUT2D eigenvalue weighted by molar-refractivity contribution is 5.28. The van der Waals surface area contributed by atoms with Crippen molar-refractivity contribution < 1.29 is 9.84 Å². The van der Waals surface area contributed by atoms with Gasteiger partial charge >= 0.3 is 0 Å². The molecule has 0 aliphatic rings. The van der Waals surface area contributed by atoms with Crippen molar-refractivity contribution >= 4 is 0 Å². The molecule has 1 aromatic rings. The summed E-state index contributed by atoms with van der Waals surface area (Å²) in [6, 6.07) is 3.58. The van der Waals surface area contributed by atoms with Crippen LogP contribution in [0, 0.1) is 0 Å². The minimum atomic E-state index is -0.610. The molecule has 1 heterocycles. The Hall–Kier alpha value is -1.13. The molecule has 0 aliphatic carbocycles. The van der Waals surface area contributed by atoms with Crippen LogP contribution in [0.5, 0.6) is 5.75 Å². The molecule has 14 heavy (non-hydrogen) atoms. The first-order valence-electron chi connectivity index (χ1n) is 4.47. The van der Waals surface area contributed by atoms with E-state index in [1.807, 2.05) is 19.0 Å². The first-order valence-corrected chi connectivity index (χ1v) is 4.47. The fourth-order valence-corrected chi connectivity index (χ4v) is 1.26. The Morgan fingerprint density at radius 3 is 2.86 bits per heavy atom. The van der Waals surface area contributed by atoms with E-state index in [4.69, 9.17) is 4.74 Å². The fourth-order valence-electron chi connectivity index (χ4n) is 1.26. The number of ether oxygens (including phenoxy) is 1. The van der Waals surface area contributed by atoms with Crippen LogP contribution in [0.15, 0.2) is 18.3 Å². The van der Waals surface area contributed by atoms with Gasteiger partial charge in [-0.05, 0) is 26.2 Å². The third-order valence-electron chi connectivity index (χ3n) is 1.87. The third kappa shape index (κ3) is 2.68. The standard InChI is InChI=1S/C10H16N2O2/c1-12(2)7-8(13)10-9(14-3)5-4-6-11-10/h4-6,8,13H,7H2,1-3H3. The Morgan fingerprint density at radius 1 is 1.57 bits per heavy atom. The van der Waals surface area contributed by atoms with E-state index in [-0.39, 0.29) is 0 Å². The lowest BCUT2D eigenvalue weighted by Gasteiger charge is -2.17. The van der Waals surface area contributed by atoms with Crippen LogP contribution in [0.25, 0.3) is 0 Å². The molecule has 78 valence electrons. The van der Waals surface area contributed by atoms with Crippen LogP contribution < -0.4 is 4.74 Å². The average molecular weight is 196 g/mol. The zero-order valence-corrected chi connectivity index (χ0v) is 8.77. The summed E-state index contributed by atoms with van der Waals surface area (Å²) in [6.07, 6.45) is 1.04. The molecule has 1 atom stereocenters. The summed E-state index contributed by atoms with van der Waals surface area (Å²) >= 11 is 0. The van der Waals surface area contributed by atoms with Crippen molar-refractivity contribution in [3.8, 4) is 5.75 Å². The van der Waals surface area contributed by atoms with Crippen molar-refractivity contribution in [3.63, 3.8) is 0 Å². The zero-order valence-electron chi connectivity index (χ0n) is 8.77. The molecule has 0 saturated heterocycles. The number of rotatable bonds is 4. The summed E-state index contributed by atoms with van der Waals surface area (Å²) in [5.74, 6) is 0.627. The van der Waals surface area contributed by atoms with Crippen LogP contribution in [0.3, 0.4) is 0 Å². The van der Waals surface area contributed by atoms with E-state index in [0.717, 1.165) is 0 Å². The second-order valence-electron chi connectivity index (χ2n) is 3.37. The number of methoxy groups -OCH3 is 1. The second-order valence-corrected chi connectivity index (χ2v) is 3.37. The van der Waals surface area contributed by atoms with E-state index in [9.17, 15) is 5.11 Å². The molecule has 4 nitrogen and oxygen atoms in total. The minimum absolute atomic E-state index is 0.535. The van der Waals surface area contributed by atoms with Crippen LogP contribution in [0.1, 0.15) is 11.8 Å². The van der Waals surface area contributed by atoms with Gasteiger partial charge in [0.05, 0.1) is 7.11 Å². The Kier molecular flexibility index (Phi) is 3.85. The first kappa shape index (κ1) is 10.9. The molecule has 0 aliphatic heterocycles. The Morgan fingerprint density at radius 2 is 2.29 bits per heavy atom. The predicted octanol–water partition coefficient (Wildman–Crippen LogP) is 0.685. The van der Waals surface area contributed by atoms with Gasteiger partial charge < -0.3 is 14.7 Å². The molecule has 4 heteroatoms. The maximum absolute atomic E-state index is 9.82. The summed E-state index contributed by atoms with van der Waals surface area (Å²) in [5.41, 5.74) is 0.587. The van der Waals surface area contributed by atoms with Crippen LogP contribution in [0.2, 0.25) is 0 Å². The first-order chi connectivity index (χ1) is 6.65. The average Bonchev–Trinajstić information content (AvgIpc) is 2.16. The normalized spacial score (nSPS) is 12.9. The largest absolute Gasteiger partial charge is 0.495 e. The molecule has 0 amide bonds. The molecule has 0 radical (unpaired) electrons. The number of likely N-dealkylation sites (N-methyl/N-ethyl adjacent to an activating group) is 1. The number of hydrogen-bond acceptors (Lipinski definition) is 4. The summed E-state index contributed by atoms with van der Waals surface area (Å²) in [4.78, 5) is 6.00. The lowest BCUT2D eigenvalue weighted by atomic mass is 10.2. The van der Waals surface area contributed by atoms with Crippen molar-refractivity contribution in [1.82, 2.24) is 9.88 Å². The molecule has 1 N–H and O–H groups in total. The maximum Gasteiger partial charge on any atom is 0.143 e. The molecule has 1 rings (SSSR count). The SMILES string of the molecule is COc1cccnc1C(O)CN(C)C. The molecular formula is C10H16N2O2. The summed E-state index contributed by atoms with van der Waals surface area (Å²) < 4.78 is 5.11. The van der Waals surface area contributed by atoms with Gasteiger partial charge in [0.1, 0.15) is 17.5 Å². The zero-order chi connectivity index (χ0) is 10.6. The highest BCUT2D eigenvalue weighted by Gasteiger charge is 2.14. The van der Waals surface area contributed by atoms with Gasteiger partial charge in [-0.15, -0.1) is 0 Å². The van der Waals surface area contributed by atoms with E-state index in [1.165, 1.54) is 0 Å². The molecular weight excluding hydrogens is 180 g/mol. The van der Waals surface area contributed by atoms with E-state index >= 15 is 0 Å². The highest BCUT2D eigenvalue weighted by atomic mass is 16.5. The van der Waals surface area contributed by atoms with E-state index in [0.29, 0.717) is 18.0 Å². The van der Waals surface area contributed by atoms with Crippen molar-refractivity contribution in [1.29, 1.82) is 0 Å². The fraction of sp³-hybridized carbons (Fsp3) is 0.500. The molecule has 1 unspecified atom stereocenters. The van der Waals surface area contributed by atoms with Gasteiger partial charge in [0, 0.05) is 12.7 Å². The monoisotopic (exact) mass is 196 g/mol. The summed E-state index contributed by atoms with van der Waals surface area (Å²) in [7, 11) is 5.38. The Labute approximate surface area is 84.1 Å². The topological polar surface area (TPSA) is 45.6 Å². The number of aliphatic hydroxyl groups excluding tert-OH is 1. The van der Waals surface area contributed by atoms with Gasteiger partial charge in [0.2, 0.25) is 0 Å². The van der Waals surface area contributed by atoms with Gasteiger partial charge in [-0.25, -0.2) is 0 Å². The summed E-state index contributed by atoms with van der Waals surface area (Å²) in [6.45, 7) is 0.535. The number of aliphatic hydroxyl groups is 1. The smallest absolute Gasteiger partial charge is 0.143 e. The molecule has 0 bridgehead atoms. The van der Waals surface area contributed by atoms with Gasteiger partial charge in [-0.2, -0.15) is 0 Å². The van der Waals surface area contributed by atoms with E-state index in [1.54, 1.807) is 25.4 Å². The van der Waals surface area contributed by atoms with Crippen molar-refractivity contribution in [3.05, 3.63) is 24.0 Å². The van der Waals surface area contributed by atoms with Crippen molar-refractivity contribution in [2.24, 2.45) is 0 Å². The van der Waals surface area contributed by atoms with Gasteiger partial charge in [0.25, 0.3) is 0 Å². The lowest BCUT2D eigenvalue weighted by Crippen LogP contribution is -2.21. The lowest BCUT2D eigenvalue weighted by molar-refractivity contribution is 0.131. The number of pyridine rings is 1. The quantitative estimate of drug-likeness (QED) is 0.769. The third-order valence-corrected chi connectivity index (χ3v) is 1.87. The number of aromatic nitrogens is 1. The maximum atomic E-state index is 9.82. The highest BCUT2D eigenvalue weighted by Crippen LogP contribution is 2.22. The van der Waals surface area contributed by atoms with E-state index in [2.05, 4.69) is 4.98 Å². The molecule has 0 fully saturated rings. The van der Waals surface area contributed by atoms with Gasteiger partial charge in [0.15, 0.2) is 0 Å². The Balaban J connectivity index is 2.82. The predicted molar refractivity (Wildman–Crippen MR) is 54.3 cm³/mol. The van der Waals surface area contributed by atoms with Crippen molar-refractivity contribution in [2.75, 3.05) is 27.7 Å². The van der Waals surface area contributed by atoms with Crippen molar-refractivity contribution in [2.45, 2.75) is 6.10 Å². The summed E-state index contributed by atoms with van der Waals surface area (Å²) in [5, 5.41) is 9.82. The second kappa shape index (κ2) is 4.93. The Bertz CT molecular complexity index is 289. The van der Waals surface area contributed by atoms with Crippen LogP contribution in [-0.4, -0.2) is 42.7 Å². The number of hydrogen-bond donors (Lipinski definition) is 1. The van der Waals surface area contributed by atoms with Crippen LogP contribution >= 0.6 is 0 Å². The van der Waals surface area contributed by atoms with Gasteiger partial charge in [-0.1, -0.05) is 0 Å². The molecule has 0 spiro atoms. The number of nitrogens with zero attached hydrogens (tertiary/aromatic N) is 2. The van der Waals surface area contributed by atoms with Crippen LogP contribution in [-0.2, 0) is 0 Å². The van der Waals surface area contributed by atoms with E-state index < -0.39 is 6.10 Å². The van der Waals surface area contributed by atoms with Gasteiger partial charge in [-0.3, -0.25) is 4.98 Å². The minimum Gasteiger partial charge on any atom is -0.495 e. The molecule has 1 aromatic heterocycles. The van der Waals surface area contributed by atoms with Crippen LogP contribution in [0.4, 0.5) is 0 Å².